The zero-order valence-corrected chi connectivity index (χ0v) is 12.5. The molecule has 1 aromatic rings. The first kappa shape index (κ1) is 16.2. The average molecular weight is 305 g/mol. The lowest BCUT2D eigenvalue weighted by atomic mass is 9.91. The summed E-state index contributed by atoms with van der Waals surface area (Å²) in [5.41, 5.74) is 11.3. The van der Waals surface area contributed by atoms with Crippen LogP contribution < -0.4 is 22.1 Å². The summed E-state index contributed by atoms with van der Waals surface area (Å²) in [6.07, 6.45) is 3.73. The summed E-state index contributed by atoms with van der Waals surface area (Å²) >= 11 is 0. The topological polar surface area (TPSA) is 123 Å². The molecule has 0 aliphatic heterocycles. The van der Waals surface area contributed by atoms with E-state index in [2.05, 4.69) is 15.6 Å². The number of carbonyl (C=O) groups excluding carboxylic acids is 2. The molecule has 1 heterocycles. The van der Waals surface area contributed by atoms with E-state index >= 15 is 0 Å². The van der Waals surface area contributed by atoms with Crippen molar-refractivity contribution in [1.29, 1.82) is 0 Å². The Labute approximate surface area is 129 Å². The first-order chi connectivity index (χ1) is 10.6. The summed E-state index contributed by atoms with van der Waals surface area (Å²) in [6.45, 7) is 0.366. The van der Waals surface area contributed by atoms with E-state index < -0.39 is 0 Å². The zero-order valence-electron chi connectivity index (χ0n) is 12.5. The third-order valence-electron chi connectivity index (χ3n) is 3.80. The maximum Gasteiger partial charge on any atom is 0.270 e. The quantitative estimate of drug-likeness (QED) is 0.617. The molecule has 2 rings (SSSR count). The lowest BCUT2D eigenvalue weighted by Crippen LogP contribution is -2.44. The van der Waals surface area contributed by atoms with Gasteiger partial charge in [-0.1, -0.05) is 6.07 Å². The van der Waals surface area contributed by atoms with E-state index in [1.165, 1.54) is 0 Å². The number of carbonyl (C=O) groups is 2. The number of rotatable bonds is 5. The Morgan fingerprint density at radius 2 is 1.77 bits per heavy atom. The van der Waals surface area contributed by atoms with Crippen molar-refractivity contribution in [3.05, 3.63) is 23.9 Å². The van der Waals surface area contributed by atoms with E-state index in [0.29, 0.717) is 24.5 Å². The van der Waals surface area contributed by atoms with Crippen LogP contribution in [-0.2, 0) is 4.79 Å². The lowest BCUT2D eigenvalue weighted by molar-refractivity contribution is -0.121. The van der Waals surface area contributed by atoms with Crippen molar-refractivity contribution in [2.24, 2.45) is 5.73 Å². The molecule has 22 heavy (non-hydrogen) atoms. The molecular weight excluding hydrogens is 282 g/mol. The number of hydrogen-bond donors (Lipinski definition) is 4. The number of anilines is 1. The Kier molecular flexibility index (Phi) is 5.71. The minimum Gasteiger partial charge on any atom is -0.384 e. The molecule has 1 fully saturated rings. The van der Waals surface area contributed by atoms with Crippen LogP contribution >= 0.6 is 0 Å². The Balaban J connectivity index is 1.77. The Bertz CT molecular complexity index is 526. The van der Waals surface area contributed by atoms with Crippen LogP contribution in [0.1, 0.15) is 42.6 Å². The number of nitrogens with two attached hydrogens (primary N) is 2. The van der Waals surface area contributed by atoms with Crippen molar-refractivity contribution >= 4 is 17.6 Å². The largest absolute Gasteiger partial charge is 0.384 e. The highest BCUT2D eigenvalue weighted by molar-refractivity contribution is 5.92. The van der Waals surface area contributed by atoms with E-state index in [-0.39, 0.29) is 23.9 Å². The highest BCUT2D eigenvalue weighted by Crippen LogP contribution is 2.19. The van der Waals surface area contributed by atoms with Crippen molar-refractivity contribution in [3.8, 4) is 0 Å². The number of nitrogens with one attached hydrogen (secondary N) is 2. The SMILES string of the molecule is NCCC(=O)NC1CCC(NC(=O)c2cccc(N)n2)CC1. The molecule has 0 radical (unpaired) electrons. The van der Waals surface area contributed by atoms with Crippen LogP contribution in [0.4, 0.5) is 5.82 Å². The first-order valence-corrected chi connectivity index (χ1v) is 7.61. The molecule has 1 saturated carbocycles. The molecule has 120 valence electrons. The van der Waals surface area contributed by atoms with E-state index in [9.17, 15) is 9.59 Å². The third-order valence-corrected chi connectivity index (χ3v) is 3.80. The van der Waals surface area contributed by atoms with Gasteiger partial charge in [0.1, 0.15) is 11.5 Å². The molecule has 7 nitrogen and oxygen atoms in total. The smallest absolute Gasteiger partial charge is 0.270 e. The zero-order chi connectivity index (χ0) is 15.9. The molecule has 0 bridgehead atoms. The van der Waals surface area contributed by atoms with Gasteiger partial charge in [0.05, 0.1) is 0 Å². The number of nitrogen functional groups attached to an aromatic ring is 1. The van der Waals surface area contributed by atoms with Crippen LogP contribution in [0, 0.1) is 0 Å². The number of amides is 2. The molecule has 1 aliphatic carbocycles. The molecule has 1 aliphatic rings. The lowest BCUT2D eigenvalue weighted by Gasteiger charge is -2.29. The molecule has 0 saturated heterocycles. The summed E-state index contributed by atoms with van der Waals surface area (Å²) in [5.74, 6) is 0.126. The summed E-state index contributed by atoms with van der Waals surface area (Å²) in [7, 11) is 0. The van der Waals surface area contributed by atoms with Gasteiger partial charge in [-0.3, -0.25) is 9.59 Å². The van der Waals surface area contributed by atoms with Crippen molar-refractivity contribution < 1.29 is 9.59 Å². The van der Waals surface area contributed by atoms with Gasteiger partial charge in [0.15, 0.2) is 0 Å². The van der Waals surface area contributed by atoms with Gasteiger partial charge in [-0.15, -0.1) is 0 Å². The molecule has 6 N–H and O–H groups in total. The van der Waals surface area contributed by atoms with Crippen LogP contribution in [0.3, 0.4) is 0 Å². The molecule has 0 aromatic carbocycles. The van der Waals surface area contributed by atoms with Crippen LogP contribution in [0.25, 0.3) is 0 Å². The van der Waals surface area contributed by atoms with Gasteiger partial charge in [-0.05, 0) is 37.8 Å². The fourth-order valence-corrected chi connectivity index (χ4v) is 2.65. The van der Waals surface area contributed by atoms with Crippen LogP contribution in [0.15, 0.2) is 18.2 Å². The average Bonchev–Trinajstić information content (AvgIpc) is 2.49. The van der Waals surface area contributed by atoms with Crippen LogP contribution in [-0.4, -0.2) is 35.4 Å². The fraction of sp³-hybridized carbons (Fsp3) is 0.533. The number of nitrogens with zero attached hydrogens (tertiary/aromatic N) is 1. The van der Waals surface area contributed by atoms with Crippen molar-refractivity contribution in [3.63, 3.8) is 0 Å². The van der Waals surface area contributed by atoms with Crippen molar-refractivity contribution in [2.45, 2.75) is 44.2 Å². The number of pyridine rings is 1. The van der Waals surface area contributed by atoms with E-state index in [1.807, 2.05) is 0 Å². The van der Waals surface area contributed by atoms with Crippen molar-refractivity contribution in [2.75, 3.05) is 12.3 Å². The second-order valence-corrected chi connectivity index (χ2v) is 5.58. The second-order valence-electron chi connectivity index (χ2n) is 5.58. The molecular formula is C15H23N5O2. The molecule has 2 amide bonds. The fourth-order valence-electron chi connectivity index (χ4n) is 2.65. The minimum absolute atomic E-state index is 0.000976. The van der Waals surface area contributed by atoms with E-state index in [1.54, 1.807) is 18.2 Å². The normalized spacial score (nSPS) is 21.1. The summed E-state index contributed by atoms with van der Waals surface area (Å²) in [6, 6.07) is 5.29. The van der Waals surface area contributed by atoms with Gasteiger partial charge in [-0.2, -0.15) is 0 Å². The number of aromatic nitrogens is 1. The molecule has 0 unspecified atom stereocenters. The maximum absolute atomic E-state index is 12.1. The van der Waals surface area contributed by atoms with Gasteiger partial charge in [-0.25, -0.2) is 4.98 Å². The summed E-state index contributed by atoms with van der Waals surface area (Å²) in [4.78, 5) is 27.6. The van der Waals surface area contributed by atoms with Gasteiger partial charge < -0.3 is 22.1 Å². The third kappa shape index (κ3) is 4.70. The van der Waals surface area contributed by atoms with Crippen LogP contribution in [0.2, 0.25) is 0 Å². The second kappa shape index (κ2) is 7.74. The maximum atomic E-state index is 12.1. The minimum atomic E-state index is -0.206. The monoisotopic (exact) mass is 305 g/mol. The van der Waals surface area contributed by atoms with Crippen molar-refractivity contribution in [1.82, 2.24) is 15.6 Å². The molecule has 0 atom stereocenters. The Morgan fingerprint density at radius 1 is 1.14 bits per heavy atom. The first-order valence-electron chi connectivity index (χ1n) is 7.61. The predicted octanol–water partition coefficient (Wildman–Crippen LogP) is 0.170. The highest BCUT2D eigenvalue weighted by Gasteiger charge is 2.24. The Morgan fingerprint density at radius 3 is 2.36 bits per heavy atom. The van der Waals surface area contributed by atoms with Gasteiger partial charge in [0.2, 0.25) is 5.91 Å². The molecule has 1 aromatic heterocycles. The molecule has 7 heteroatoms. The Hall–Kier alpha value is -2.15. The standard InChI is InChI=1S/C15H23N5O2/c16-9-8-14(21)18-10-4-6-11(7-5-10)19-15(22)12-2-1-3-13(17)20-12/h1-3,10-11H,4-9,16H2,(H2,17,20)(H,18,21)(H,19,22). The summed E-state index contributed by atoms with van der Waals surface area (Å²) in [5, 5.41) is 5.94. The van der Waals surface area contributed by atoms with Crippen LogP contribution in [0.5, 0.6) is 0 Å². The van der Waals surface area contributed by atoms with Gasteiger partial charge in [0, 0.05) is 25.0 Å². The van der Waals surface area contributed by atoms with E-state index in [0.717, 1.165) is 25.7 Å². The molecule has 0 spiro atoms. The summed E-state index contributed by atoms with van der Waals surface area (Å²) < 4.78 is 0. The van der Waals surface area contributed by atoms with E-state index in [4.69, 9.17) is 11.5 Å². The van der Waals surface area contributed by atoms with Gasteiger partial charge >= 0.3 is 0 Å². The van der Waals surface area contributed by atoms with Gasteiger partial charge in [0.25, 0.3) is 5.91 Å². The number of hydrogen-bond acceptors (Lipinski definition) is 5. The highest BCUT2D eigenvalue weighted by atomic mass is 16.2. The predicted molar refractivity (Wildman–Crippen MR) is 84.0 cm³/mol.